The van der Waals surface area contributed by atoms with Crippen LogP contribution >= 0.6 is 23.1 Å². The highest BCUT2D eigenvalue weighted by Gasteiger charge is 2.16. The smallest absolute Gasteiger partial charge is 0.272 e. The molecule has 0 aliphatic rings. The number of benzene rings is 3. The molecule has 0 fully saturated rings. The first-order valence-electron chi connectivity index (χ1n) is 11.8. The van der Waals surface area contributed by atoms with E-state index in [-0.39, 0.29) is 17.4 Å². The first-order chi connectivity index (χ1) is 18.9. The third-order valence-corrected chi connectivity index (χ3v) is 6.99. The number of carbonyl (C=O) groups is 3. The van der Waals surface area contributed by atoms with E-state index in [9.17, 15) is 14.4 Å². The van der Waals surface area contributed by atoms with Crippen molar-refractivity contribution in [3.8, 4) is 5.75 Å². The first kappa shape index (κ1) is 27.6. The summed E-state index contributed by atoms with van der Waals surface area (Å²) in [6, 6.07) is 22.9. The zero-order chi connectivity index (χ0) is 27.6. The third-order valence-electron chi connectivity index (χ3n) is 5.22. The zero-order valence-electron chi connectivity index (χ0n) is 21.1. The molecular formula is C28H25N5O4S2. The van der Waals surface area contributed by atoms with E-state index >= 15 is 0 Å². The van der Waals surface area contributed by atoms with Crippen molar-refractivity contribution in [2.24, 2.45) is 0 Å². The number of ether oxygens (including phenoxy) is 1. The van der Waals surface area contributed by atoms with E-state index in [2.05, 4.69) is 26.1 Å². The number of thioether (sulfide) groups is 1. The summed E-state index contributed by atoms with van der Waals surface area (Å²) in [6.45, 7) is 1.82. The Hall–Kier alpha value is -4.48. The fraction of sp³-hybridized carbons (Fsp3) is 0.107. The maximum Gasteiger partial charge on any atom is 0.272 e. The molecule has 0 radical (unpaired) electrons. The molecule has 0 saturated carbocycles. The summed E-state index contributed by atoms with van der Waals surface area (Å²) in [7, 11) is 1.54. The fourth-order valence-electron chi connectivity index (χ4n) is 3.37. The number of hydrogen-bond acceptors (Lipinski definition) is 8. The van der Waals surface area contributed by atoms with Gasteiger partial charge in [-0.25, -0.2) is 0 Å². The summed E-state index contributed by atoms with van der Waals surface area (Å²) in [4.78, 5) is 39.1. The molecule has 1 aromatic heterocycles. The standard InChI is InChI=1S/C28H25N5O4S2/c1-18-32-33-28(39-18)31-25(34)17-38-22-14-12-21(13-15-22)29-27(36)23(16-20-10-6-7-11-24(20)37-2)30-26(35)19-8-4-3-5-9-19/h3-16H,17H2,1-2H3,(H,29,36)(H,30,35)(H,31,33,34)/b23-16-. The Kier molecular flexibility index (Phi) is 9.44. The Morgan fingerprint density at radius 2 is 1.64 bits per heavy atom. The fourth-order valence-corrected chi connectivity index (χ4v) is 4.67. The number of aryl methyl sites for hydroxylation is 1. The van der Waals surface area contributed by atoms with E-state index in [1.54, 1.807) is 66.7 Å². The Balaban J connectivity index is 1.43. The number of rotatable bonds is 10. The SMILES string of the molecule is COc1ccccc1/C=C(\NC(=O)c1ccccc1)C(=O)Nc1ccc(SCC(=O)Nc2nnc(C)s2)cc1. The molecular weight excluding hydrogens is 534 g/mol. The van der Waals surface area contributed by atoms with Gasteiger partial charge in [0.2, 0.25) is 11.0 Å². The van der Waals surface area contributed by atoms with Crippen molar-refractivity contribution in [3.63, 3.8) is 0 Å². The van der Waals surface area contributed by atoms with Crippen molar-refractivity contribution in [1.29, 1.82) is 0 Å². The van der Waals surface area contributed by atoms with Crippen LogP contribution in [0.25, 0.3) is 6.08 Å². The van der Waals surface area contributed by atoms with E-state index in [0.717, 1.165) is 9.90 Å². The van der Waals surface area contributed by atoms with Crippen molar-refractivity contribution in [2.75, 3.05) is 23.5 Å². The van der Waals surface area contributed by atoms with Gasteiger partial charge in [-0.1, -0.05) is 47.7 Å². The average Bonchev–Trinajstić information content (AvgIpc) is 3.37. The Labute approximate surface area is 233 Å². The molecule has 39 heavy (non-hydrogen) atoms. The molecule has 4 aromatic rings. The molecule has 3 amide bonds. The highest BCUT2D eigenvalue weighted by molar-refractivity contribution is 8.00. The van der Waals surface area contributed by atoms with Crippen molar-refractivity contribution in [2.45, 2.75) is 11.8 Å². The van der Waals surface area contributed by atoms with Crippen LogP contribution in [0.3, 0.4) is 0 Å². The van der Waals surface area contributed by atoms with Crippen LogP contribution in [0.1, 0.15) is 20.9 Å². The van der Waals surface area contributed by atoms with Crippen LogP contribution in [-0.4, -0.2) is 40.8 Å². The number of para-hydroxylation sites is 1. The van der Waals surface area contributed by atoms with Crippen LogP contribution in [0, 0.1) is 6.92 Å². The molecule has 0 aliphatic heterocycles. The zero-order valence-corrected chi connectivity index (χ0v) is 22.8. The maximum absolute atomic E-state index is 13.3. The number of anilines is 2. The van der Waals surface area contributed by atoms with Gasteiger partial charge in [0.05, 0.1) is 12.9 Å². The number of carbonyl (C=O) groups excluding carboxylic acids is 3. The molecule has 0 aliphatic carbocycles. The van der Waals surface area contributed by atoms with Crippen molar-refractivity contribution < 1.29 is 19.1 Å². The molecule has 1 heterocycles. The van der Waals surface area contributed by atoms with Crippen LogP contribution in [0.5, 0.6) is 5.75 Å². The summed E-state index contributed by atoms with van der Waals surface area (Å²) in [5, 5.41) is 17.3. The molecule has 4 rings (SSSR count). The summed E-state index contributed by atoms with van der Waals surface area (Å²) in [6.07, 6.45) is 1.57. The number of amides is 3. The molecule has 0 bridgehead atoms. The minimum absolute atomic E-state index is 0.0513. The average molecular weight is 560 g/mol. The van der Waals surface area contributed by atoms with Gasteiger partial charge in [0.1, 0.15) is 16.5 Å². The van der Waals surface area contributed by atoms with E-state index in [1.165, 1.54) is 30.2 Å². The van der Waals surface area contributed by atoms with Crippen LogP contribution in [0.2, 0.25) is 0 Å². The molecule has 3 aromatic carbocycles. The number of aromatic nitrogens is 2. The highest BCUT2D eigenvalue weighted by atomic mass is 32.2. The highest BCUT2D eigenvalue weighted by Crippen LogP contribution is 2.23. The quantitative estimate of drug-likeness (QED) is 0.185. The van der Waals surface area contributed by atoms with Gasteiger partial charge in [-0.05, 0) is 55.5 Å². The lowest BCUT2D eigenvalue weighted by Gasteiger charge is -2.13. The van der Waals surface area contributed by atoms with Crippen molar-refractivity contribution in [3.05, 3.63) is 101 Å². The largest absolute Gasteiger partial charge is 0.496 e. The predicted molar refractivity (Wildman–Crippen MR) is 154 cm³/mol. The second kappa shape index (κ2) is 13.4. The molecule has 9 nitrogen and oxygen atoms in total. The lowest BCUT2D eigenvalue weighted by molar-refractivity contribution is -0.114. The first-order valence-corrected chi connectivity index (χ1v) is 13.6. The molecule has 0 atom stereocenters. The summed E-state index contributed by atoms with van der Waals surface area (Å²) < 4.78 is 5.40. The predicted octanol–water partition coefficient (Wildman–Crippen LogP) is 5.00. The number of methoxy groups -OCH3 is 1. The van der Waals surface area contributed by atoms with Gasteiger partial charge in [0.25, 0.3) is 11.8 Å². The van der Waals surface area contributed by atoms with Gasteiger partial charge in [0, 0.05) is 21.7 Å². The van der Waals surface area contributed by atoms with Gasteiger partial charge in [-0.2, -0.15) is 0 Å². The summed E-state index contributed by atoms with van der Waals surface area (Å²) in [5.41, 5.74) is 1.63. The topological polar surface area (TPSA) is 122 Å². The van der Waals surface area contributed by atoms with Gasteiger partial charge in [-0.3, -0.25) is 19.7 Å². The van der Waals surface area contributed by atoms with E-state index < -0.39 is 11.8 Å². The van der Waals surface area contributed by atoms with Gasteiger partial charge >= 0.3 is 0 Å². The van der Waals surface area contributed by atoms with E-state index in [0.29, 0.717) is 27.7 Å². The van der Waals surface area contributed by atoms with E-state index in [4.69, 9.17) is 4.74 Å². The van der Waals surface area contributed by atoms with Crippen LogP contribution < -0.4 is 20.7 Å². The van der Waals surface area contributed by atoms with E-state index in [1.807, 2.05) is 25.1 Å². The number of nitrogens with zero attached hydrogens (tertiary/aromatic N) is 2. The maximum atomic E-state index is 13.3. The molecule has 198 valence electrons. The summed E-state index contributed by atoms with van der Waals surface area (Å²) in [5.74, 6) is -0.350. The number of hydrogen-bond donors (Lipinski definition) is 3. The monoisotopic (exact) mass is 559 g/mol. The second-order valence-corrected chi connectivity index (χ2v) is 10.3. The molecule has 3 N–H and O–H groups in total. The lowest BCUT2D eigenvalue weighted by Crippen LogP contribution is -2.30. The third kappa shape index (κ3) is 8.00. The second-order valence-electron chi connectivity index (χ2n) is 8.06. The van der Waals surface area contributed by atoms with Crippen LogP contribution in [0.15, 0.2) is 89.5 Å². The Morgan fingerprint density at radius 3 is 2.33 bits per heavy atom. The van der Waals surface area contributed by atoms with Crippen LogP contribution in [-0.2, 0) is 9.59 Å². The van der Waals surface area contributed by atoms with Crippen LogP contribution in [0.4, 0.5) is 10.8 Å². The van der Waals surface area contributed by atoms with Gasteiger partial charge in [0.15, 0.2) is 0 Å². The molecule has 0 unspecified atom stereocenters. The number of nitrogens with one attached hydrogen (secondary N) is 3. The lowest BCUT2D eigenvalue weighted by atomic mass is 10.1. The Morgan fingerprint density at radius 1 is 0.923 bits per heavy atom. The molecule has 11 heteroatoms. The van der Waals surface area contributed by atoms with Gasteiger partial charge < -0.3 is 15.4 Å². The molecule has 0 spiro atoms. The normalized spacial score (nSPS) is 11.0. The molecule has 0 saturated heterocycles. The minimum Gasteiger partial charge on any atom is -0.496 e. The Bertz CT molecular complexity index is 1490. The van der Waals surface area contributed by atoms with Gasteiger partial charge in [-0.15, -0.1) is 22.0 Å². The summed E-state index contributed by atoms with van der Waals surface area (Å²) >= 11 is 2.66. The minimum atomic E-state index is -0.502. The van der Waals surface area contributed by atoms with Crippen molar-refractivity contribution in [1.82, 2.24) is 15.5 Å². The van der Waals surface area contributed by atoms with Crippen molar-refractivity contribution >= 4 is 57.7 Å².